The maximum atomic E-state index is 9.23. The monoisotopic (exact) mass is 212 g/mol. The molecule has 0 aliphatic rings. The maximum absolute atomic E-state index is 9.23. The lowest BCUT2D eigenvalue weighted by Crippen LogP contribution is -2.11. The van der Waals surface area contributed by atoms with Crippen LogP contribution in [0.5, 0.6) is 0 Å². The van der Waals surface area contributed by atoms with Crippen molar-refractivity contribution < 1.29 is 9.84 Å². The molecule has 0 heterocycles. The molecule has 1 N–H and O–H groups in total. The van der Waals surface area contributed by atoms with Gasteiger partial charge in [0.15, 0.2) is 0 Å². The smallest absolute Gasteiger partial charge is 0.0966 e. The highest BCUT2D eigenvalue weighted by molar-refractivity contribution is 6.25. The molecule has 3 heteroatoms. The van der Waals surface area contributed by atoms with E-state index >= 15 is 0 Å². The highest BCUT2D eigenvalue weighted by Gasteiger charge is 1.98. The van der Waals surface area contributed by atoms with Crippen LogP contribution >= 0.6 is 11.6 Å². The van der Waals surface area contributed by atoms with Gasteiger partial charge in [-0.15, -0.1) is 0 Å². The molecule has 0 saturated heterocycles. The molecule has 1 atom stereocenters. The van der Waals surface area contributed by atoms with Crippen LogP contribution < -0.4 is 0 Å². The molecule has 0 fully saturated rings. The molecule has 0 spiro atoms. The lowest BCUT2D eigenvalue weighted by Gasteiger charge is -2.06. The molecule has 76 valence electrons. The van der Waals surface area contributed by atoms with Crippen molar-refractivity contribution in [3.63, 3.8) is 0 Å². The highest BCUT2D eigenvalue weighted by atomic mass is 35.5. The second-order valence-corrected chi connectivity index (χ2v) is 3.14. The number of benzene rings is 1. The summed E-state index contributed by atoms with van der Waals surface area (Å²) in [7, 11) is 0. The Morgan fingerprint density at radius 3 is 2.71 bits per heavy atom. The van der Waals surface area contributed by atoms with Gasteiger partial charge in [0, 0.05) is 5.54 Å². The Morgan fingerprint density at radius 2 is 2.07 bits per heavy atom. The van der Waals surface area contributed by atoms with Crippen molar-refractivity contribution in [3.05, 3.63) is 47.5 Å². The van der Waals surface area contributed by atoms with Gasteiger partial charge in [-0.1, -0.05) is 41.9 Å². The van der Waals surface area contributed by atoms with E-state index in [0.717, 1.165) is 5.56 Å². The van der Waals surface area contributed by atoms with Gasteiger partial charge in [0.1, 0.15) is 0 Å². The fourth-order valence-corrected chi connectivity index (χ4v) is 1.18. The summed E-state index contributed by atoms with van der Waals surface area (Å²) in [6.07, 6.45) is 0.850. The van der Waals surface area contributed by atoms with Crippen LogP contribution in [0.15, 0.2) is 41.9 Å². The summed E-state index contributed by atoms with van der Waals surface area (Å²) in [6.45, 7) is 0.770. The lowest BCUT2D eigenvalue weighted by atomic mass is 10.2. The molecule has 1 aromatic carbocycles. The molecule has 0 amide bonds. The summed E-state index contributed by atoms with van der Waals surface area (Å²) in [6, 6.07) is 9.81. The van der Waals surface area contributed by atoms with E-state index in [-0.39, 0.29) is 6.61 Å². The molecule has 0 radical (unpaired) electrons. The largest absolute Gasteiger partial charge is 0.387 e. The maximum Gasteiger partial charge on any atom is 0.0966 e. The lowest BCUT2D eigenvalue weighted by molar-refractivity contribution is 0.0504. The molecular weight excluding hydrogens is 200 g/mol. The second kappa shape index (κ2) is 6.60. The summed E-state index contributed by atoms with van der Waals surface area (Å²) in [5, 5.41) is 9.23. The van der Waals surface area contributed by atoms with Crippen molar-refractivity contribution in [2.24, 2.45) is 0 Å². The molecule has 1 rings (SSSR count). The zero-order chi connectivity index (χ0) is 10.2. The average molecular weight is 213 g/mol. The van der Waals surface area contributed by atoms with E-state index in [1.54, 1.807) is 0 Å². The summed E-state index contributed by atoms with van der Waals surface area (Å²) in [5.74, 6) is 0. The van der Waals surface area contributed by atoms with Crippen LogP contribution in [0, 0.1) is 0 Å². The average Bonchev–Trinajstić information content (AvgIpc) is 2.20. The van der Waals surface area contributed by atoms with Crippen molar-refractivity contribution in [1.29, 1.82) is 0 Å². The molecule has 0 saturated carbocycles. The number of halogens is 1. The molecular formula is C11H13ClO2. The number of hydrogen-bond acceptors (Lipinski definition) is 2. The molecule has 14 heavy (non-hydrogen) atoms. The first-order valence-electron chi connectivity index (χ1n) is 4.39. The molecule has 1 aromatic rings. The van der Waals surface area contributed by atoms with Gasteiger partial charge in [-0.3, -0.25) is 0 Å². The third-order valence-corrected chi connectivity index (χ3v) is 1.84. The molecule has 0 bridgehead atoms. The van der Waals surface area contributed by atoms with Crippen molar-refractivity contribution in [2.45, 2.75) is 12.7 Å². The van der Waals surface area contributed by atoms with E-state index in [9.17, 15) is 5.11 Å². The van der Waals surface area contributed by atoms with Crippen LogP contribution in [0.25, 0.3) is 0 Å². The van der Waals surface area contributed by atoms with Gasteiger partial charge in [-0.25, -0.2) is 0 Å². The Hall–Kier alpha value is -0.830. The normalized spacial score (nSPS) is 13.3. The second-order valence-electron chi connectivity index (χ2n) is 2.89. The van der Waals surface area contributed by atoms with E-state index in [0.29, 0.717) is 6.61 Å². The van der Waals surface area contributed by atoms with Crippen molar-refractivity contribution >= 4 is 11.6 Å². The summed E-state index contributed by atoms with van der Waals surface area (Å²) >= 11 is 5.30. The highest BCUT2D eigenvalue weighted by Crippen LogP contribution is 2.01. The van der Waals surface area contributed by atoms with Gasteiger partial charge in [0.2, 0.25) is 0 Å². The van der Waals surface area contributed by atoms with Crippen molar-refractivity contribution in [3.8, 4) is 0 Å². The van der Waals surface area contributed by atoms with E-state index in [4.69, 9.17) is 16.3 Å². The minimum Gasteiger partial charge on any atom is -0.387 e. The standard InChI is InChI=1S/C11H13ClO2/c12-7-6-11(13)9-14-8-10-4-2-1-3-5-10/h1-7,11,13H,8-9H2/b7-6+/t11-/m0/s1. The Kier molecular flexibility index (Phi) is 5.30. The van der Waals surface area contributed by atoms with Crippen LogP contribution in [0.4, 0.5) is 0 Å². The van der Waals surface area contributed by atoms with E-state index in [1.807, 2.05) is 30.3 Å². The molecule has 0 unspecified atom stereocenters. The number of hydrogen-bond donors (Lipinski definition) is 1. The molecule has 2 nitrogen and oxygen atoms in total. The van der Waals surface area contributed by atoms with Crippen molar-refractivity contribution in [2.75, 3.05) is 6.61 Å². The van der Waals surface area contributed by atoms with Crippen LogP contribution in [0.2, 0.25) is 0 Å². The minimum absolute atomic E-state index is 0.262. The van der Waals surface area contributed by atoms with E-state index in [2.05, 4.69) is 0 Å². The Morgan fingerprint density at radius 1 is 1.36 bits per heavy atom. The predicted octanol–water partition coefficient (Wildman–Crippen LogP) is 2.32. The van der Waals surface area contributed by atoms with Gasteiger partial charge in [0.05, 0.1) is 19.3 Å². The number of ether oxygens (including phenoxy) is 1. The Balaban J connectivity index is 2.22. The zero-order valence-corrected chi connectivity index (χ0v) is 8.52. The first-order chi connectivity index (χ1) is 6.83. The van der Waals surface area contributed by atoms with E-state index < -0.39 is 6.10 Å². The first-order valence-corrected chi connectivity index (χ1v) is 4.83. The summed E-state index contributed by atoms with van der Waals surface area (Å²) in [5.41, 5.74) is 2.38. The third kappa shape index (κ3) is 4.42. The van der Waals surface area contributed by atoms with Crippen LogP contribution in [0.3, 0.4) is 0 Å². The fraction of sp³-hybridized carbons (Fsp3) is 0.273. The quantitative estimate of drug-likeness (QED) is 0.812. The molecule has 0 aromatic heterocycles. The number of rotatable bonds is 5. The van der Waals surface area contributed by atoms with E-state index in [1.165, 1.54) is 11.6 Å². The third-order valence-electron chi connectivity index (χ3n) is 1.70. The fourth-order valence-electron chi connectivity index (χ4n) is 1.01. The van der Waals surface area contributed by atoms with Crippen molar-refractivity contribution in [1.82, 2.24) is 0 Å². The van der Waals surface area contributed by atoms with Gasteiger partial charge in [-0.05, 0) is 11.6 Å². The van der Waals surface area contributed by atoms with Gasteiger partial charge >= 0.3 is 0 Å². The van der Waals surface area contributed by atoms with Gasteiger partial charge in [-0.2, -0.15) is 0 Å². The predicted molar refractivity (Wildman–Crippen MR) is 57.1 cm³/mol. The Bertz CT molecular complexity index is 272. The zero-order valence-electron chi connectivity index (χ0n) is 7.77. The Labute approximate surface area is 88.8 Å². The van der Waals surface area contributed by atoms with Crippen LogP contribution in [-0.2, 0) is 11.3 Å². The number of aliphatic hydroxyl groups excluding tert-OH is 1. The SMILES string of the molecule is O[C@@H](/C=C/Cl)COCc1ccccc1. The minimum atomic E-state index is -0.629. The summed E-state index contributed by atoms with van der Waals surface area (Å²) in [4.78, 5) is 0. The first kappa shape index (κ1) is 11.2. The van der Waals surface area contributed by atoms with Gasteiger partial charge in [0.25, 0.3) is 0 Å². The summed E-state index contributed by atoms with van der Waals surface area (Å²) < 4.78 is 5.27. The molecule has 0 aliphatic carbocycles. The van der Waals surface area contributed by atoms with Crippen LogP contribution in [-0.4, -0.2) is 17.8 Å². The number of aliphatic hydroxyl groups is 1. The topological polar surface area (TPSA) is 29.5 Å². The van der Waals surface area contributed by atoms with Gasteiger partial charge < -0.3 is 9.84 Å². The molecule has 0 aliphatic heterocycles. The van der Waals surface area contributed by atoms with Crippen LogP contribution in [0.1, 0.15) is 5.56 Å².